The molecule has 2 aromatic rings. The van der Waals surface area contributed by atoms with Crippen molar-refractivity contribution in [1.29, 1.82) is 0 Å². The number of thiophene rings is 1. The summed E-state index contributed by atoms with van der Waals surface area (Å²) in [6.45, 7) is 0. The first-order chi connectivity index (χ1) is 7.66. The van der Waals surface area contributed by atoms with Crippen molar-refractivity contribution in [3.8, 4) is 0 Å². The minimum Gasteiger partial charge on any atom is -0.288 e. The highest BCUT2D eigenvalue weighted by molar-refractivity contribution is 7.18. The van der Waals surface area contributed by atoms with Crippen LogP contribution >= 0.6 is 22.9 Å². The number of aromatic nitrogens is 2. The van der Waals surface area contributed by atoms with Crippen molar-refractivity contribution < 1.29 is 4.79 Å². The fourth-order valence-electron chi connectivity index (χ4n) is 1.24. The summed E-state index contributed by atoms with van der Waals surface area (Å²) in [4.78, 5) is 12.3. The summed E-state index contributed by atoms with van der Waals surface area (Å²) in [5, 5.41) is 4.01. The topological polar surface area (TPSA) is 34.9 Å². The van der Waals surface area contributed by atoms with Gasteiger partial charge in [0.2, 0.25) is 0 Å². The fourth-order valence-corrected chi connectivity index (χ4v) is 2.20. The van der Waals surface area contributed by atoms with Crippen LogP contribution in [-0.4, -0.2) is 15.6 Å². The fraction of sp³-hybridized carbons (Fsp3) is 0.0909. The number of allylic oxidation sites excluding steroid dienone is 1. The maximum absolute atomic E-state index is 11.7. The van der Waals surface area contributed by atoms with Crippen molar-refractivity contribution in [2.24, 2.45) is 7.05 Å². The van der Waals surface area contributed by atoms with Gasteiger partial charge in [-0.3, -0.25) is 9.48 Å². The summed E-state index contributed by atoms with van der Waals surface area (Å²) >= 11 is 7.04. The predicted octanol–water partition coefficient (Wildman–Crippen LogP) is 3.03. The lowest BCUT2D eigenvalue weighted by Crippen LogP contribution is -1.94. The number of rotatable bonds is 3. The van der Waals surface area contributed by atoms with Crippen molar-refractivity contribution in [2.45, 2.75) is 0 Å². The van der Waals surface area contributed by atoms with E-state index in [1.165, 1.54) is 17.4 Å². The standard InChI is InChI=1S/C11H9ClN2OS/c1-14-8(6-7-13-14)2-3-9(15)10-4-5-11(12)16-10/h2-7H,1H3/b3-2+. The zero-order chi connectivity index (χ0) is 11.5. The van der Waals surface area contributed by atoms with Crippen LogP contribution in [-0.2, 0) is 7.05 Å². The van der Waals surface area contributed by atoms with Crippen LogP contribution in [0, 0.1) is 0 Å². The molecule has 16 heavy (non-hydrogen) atoms. The molecule has 0 saturated carbocycles. The van der Waals surface area contributed by atoms with Crippen LogP contribution < -0.4 is 0 Å². The molecular formula is C11H9ClN2OS. The van der Waals surface area contributed by atoms with Gasteiger partial charge in [0.05, 0.1) is 14.9 Å². The SMILES string of the molecule is Cn1nccc1/C=C/C(=O)c1ccc(Cl)s1. The average molecular weight is 253 g/mol. The van der Waals surface area contributed by atoms with Gasteiger partial charge in [-0.15, -0.1) is 11.3 Å². The van der Waals surface area contributed by atoms with Crippen molar-refractivity contribution in [3.05, 3.63) is 45.4 Å². The van der Waals surface area contributed by atoms with E-state index in [0.29, 0.717) is 9.21 Å². The molecule has 0 amide bonds. The molecule has 0 saturated heterocycles. The van der Waals surface area contributed by atoms with Crippen LogP contribution in [0.3, 0.4) is 0 Å². The monoisotopic (exact) mass is 252 g/mol. The molecule has 3 nitrogen and oxygen atoms in total. The Balaban J connectivity index is 2.14. The van der Waals surface area contributed by atoms with Crippen molar-refractivity contribution in [2.75, 3.05) is 0 Å². The van der Waals surface area contributed by atoms with Crippen LogP contribution in [0.4, 0.5) is 0 Å². The summed E-state index contributed by atoms with van der Waals surface area (Å²) in [5.41, 5.74) is 0.885. The van der Waals surface area contributed by atoms with E-state index in [9.17, 15) is 4.79 Å². The minimum absolute atomic E-state index is 0.0434. The molecule has 2 rings (SSSR count). The third-order valence-electron chi connectivity index (χ3n) is 2.08. The number of nitrogens with zero attached hydrogens (tertiary/aromatic N) is 2. The molecule has 0 aliphatic rings. The quantitative estimate of drug-likeness (QED) is 0.622. The first-order valence-electron chi connectivity index (χ1n) is 4.62. The Labute approximate surface area is 102 Å². The summed E-state index contributed by atoms with van der Waals surface area (Å²) in [7, 11) is 1.83. The van der Waals surface area contributed by atoms with Crippen molar-refractivity contribution in [1.82, 2.24) is 9.78 Å². The van der Waals surface area contributed by atoms with E-state index in [0.717, 1.165) is 5.69 Å². The molecule has 82 valence electrons. The number of hydrogen-bond donors (Lipinski definition) is 0. The molecule has 0 spiro atoms. The van der Waals surface area contributed by atoms with Gasteiger partial charge >= 0.3 is 0 Å². The second kappa shape index (κ2) is 4.63. The van der Waals surface area contributed by atoms with E-state index in [2.05, 4.69) is 5.10 Å². The number of carbonyl (C=O) groups excluding carboxylic acids is 1. The van der Waals surface area contributed by atoms with Crippen LogP contribution in [0.2, 0.25) is 4.34 Å². The summed E-state index contributed by atoms with van der Waals surface area (Å²) in [6, 6.07) is 5.28. The zero-order valence-corrected chi connectivity index (χ0v) is 10.1. The third-order valence-corrected chi connectivity index (χ3v) is 3.33. The van der Waals surface area contributed by atoms with Gasteiger partial charge in [0.1, 0.15) is 0 Å². The Morgan fingerprint density at radius 1 is 1.50 bits per heavy atom. The maximum Gasteiger partial charge on any atom is 0.195 e. The smallest absolute Gasteiger partial charge is 0.195 e. The number of hydrogen-bond acceptors (Lipinski definition) is 3. The van der Waals surface area contributed by atoms with E-state index in [1.54, 1.807) is 29.1 Å². The molecule has 0 bridgehead atoms. The molecular weight excluding hydrogens is 244 g/mol. The molecule has 0 aliphatic carbocycles. The summed E-state index contributed by atoms with van der Waals surface area (Å²) in [6.07, 6.45) is 4.95. The second-order valence-corrected chi connectivity index (χ2v) is 4.90. The maximum atomic E-state index is 11.7. The molecule has 0 aliphatic heterocycles. The van der Waals surface area contributed by atoms with Crippen molar-refractivity contribution in [3.63, 3.8) is 0 Å². The number of ketones is 1. The van der Waals surface area contributed by atoms with Crippen LogP contribution in [0.15, 0.2) is 30.5 Å². The Morgan fingerprint density at radius 3 is 2.88 bits per heavy atom. The second-order valence-electron chi connectivity index (χ2n) is 3.18. The van der Waals surface area contributed by atoms with Gasteiger partial charge in [-0.2, -0.15) is 5.10 Å². The number of carbonyl (C=O) groups is 1. The molecule has 0 unspecified atom stereocenters. The lowest BCUT2D eigenvalue weighted by molar-refractivity contribution is 0.105. The highest BCUT2D eigenvalue weighted by Crippen LogP contribution is 2.22. The van der Waals surface area contributed by atoms with E-state index < -0.39 is 0 Å². The Morgan fingerprint density at radius 2 is 2.31 bits per heavy atom. The van der Waals surface area contributed by atoms with Gasteiger partial charge in [0, 0.05) is 13.2 Å². The lowest BCUT2D eigenvalue weighted by Gasteiger charge is -1.93. The van der Waals surface area contributed by atoms with Crippen LogP contribution in [0.25, 0.3) is 6.08 Å². The summed E-state index contributed by atoms with van der Waals surface area (Å²) < 4.78 is 2.32. The van der Waals surface area contributed by atoms with Gasteiger partial charge in [-0.1, -0.05) is 11.6 Å². The third kappa shape index (κ3) is 2.40. The molecule has 0 atom stereocenters. The van der Waals surface area contributed by atoms with Gasteiger partial charge < -0.3 is 0 Å². The number of aryl methyl sites for hydroxylation is 1. The van der Waals surface area contributed by atoms with Gasteiger partial charge in [0.15, 0.2) is 5.78 Å². The molecule has 0 radical (unpaired) electrons. The van der Waals surface area contributed by atoms with E-state index >= 15 is 0 Å². The molecule has 0 fully saturated rings. The predicted molar refractivity (Wildman–Crippen MR) is 65.9 cm³/mol. The molecule has 2 aromatic heterocycles. The number of halogens is 1. The largest absolute Gasteiger partial charge is 0.288 e. The molecule has 0 aromatic carbocycles. The Kier molecular flexibility index (Phi) is 3.22. The van der Waals surface area contributed by atoms with Crippen molar-refractivity contribution >= 4 is 34.8 Å². The highest BCUT2D eigenvalue weighted by atomic mass is 35.5. The van der Waals surface area contributed by atoms with E-state index in [-0.39, 0.29) is 5.78 Å². The first kappa shape index (κ1) is 11.1. The van der Waals surface area contributed by atoms with Crippen LogP contribution in [0.5, 0.6) is 0 Å². The highest BCUT2D eigenvalue weighted by Gasteiger charge is 2.05. The lowest BCUT2D eigenvalue weighted by atomic mass is 10.2. The van der Waals surface area contributed by atoms with Gasteiger partial charge in [0.25, 0.3) is 0 Å². The zero-order valence-electron chi connectivity index (χ0n) is 8.55. The Hall–Kier alpha value is -1.39. The molecule has 5 heteroatoms. The molecule has 0 N–H and O–H groups in total. The van der Waals surface area contributed by atoms with E-state index in [4.69, 9.17) is 11.6 Å². The van der Waals surface area contributed by atoms with Crippen LogP contribution in [0.1, 0.15) is 15.4 Å². The Bertz CT molecular complexity index is 542. The van der Waals surface area contributed by atoms with Gasteiger partial charge in [-0.05, 0) is 30.4 Å². The summed E-state index contributed by atoms with van der Waals surface area (Å²) in [5.74, 6) is -0.0434. The minimum atomic E-state index is -0.0434. The normalized spacial score (nSPS) is 11.1. The van der Waals surface area contributed by atoms with E-state index in [1.807, 2.05) is 13.1 Å². The molecule has 2 heterocycles. The average Bonchev–Trinajstić information content (AvgIpc) is 2.84. The first-order valence-corrected chi connectivity index (χ1v) is 5.82. The van der Waals surface area contributed by atoms with Gasteiger partial charge in [-0.25, -0.2) is 0 Å².